The minimum atomic E-state index is -3.78. The molecule has 4 unspecified atom stereocenters. The highest BCUT2D eigenvalue weighted by molar-refractivity contribution is 7.91. The van der Waals surface area contributed by atoms with E-state index in [-0.39, 0.29) is 18.9 Å². The monoisotopic (exact) mass is 556 g/mol. The number of hydrogen-bond donors (Lipinski definition) is 3. The number of nitrogens with one attached hydrogen (secondary N) is 3. The molecule has 13 heteroatoms. The summed E-state index contributed by atoms with van der Waals surface area (Å²) in [4.78, 5) is 54.1. The third kappa shape index (κ3) is 6.77. The molecule has 2 saturated heterocycles. The molecule has 38 heavy (non-hydrogen) atoms. The molecule has 0 aromatic heterocycles. The third-order valence-electron chi connectivity index (χ3n) is 7.52. The minimum Gasteiger partial charge on any atom is -0.444 e. The van der Waals surface area contributed by atoms with Gasteiger partial charge in [0.15, 0.2) is 0 Å². The van der Waals surface area contributed by atoms with Crippen LogP contribution in [0.1, 0.15) is 78.6 Å². The molecule has 2 saturated carbocycles. The summed E-state index contributed by atoms with van der Waals surface area (Å²) in [6, 6.07) is -1.78. The minimum absolute atomic E-state index is 0.196. The van der Waals surface area contributed by atoms with Crippen molar-refractivity contribution >= 4 is 33.8 Å². The molecule has 3 N–H and O–H groups in total. The van der Waals surface area contributed by atoms with E-state index in [2.05, 4.69) is 15.4 Å². The molecule has 2 heterocycles. The zero-order valence-corrected chi connectivity index (χ0v) is 23.2. The van der Waals surface area contributed by atoms with Gasteiger partial charge in [0, 0.05) is 26.2 Å². The van der Waals surface area contributed by atoms with Crippen LogP contribution < -0.4 is 15.4 Å². The smallest absolute Gasteiger partial charge is 0.408 e. The molecular weight excluding hydrogens is 516 g/mol. The zero-order valence-electron chi connectivity index (χ0n) is 22.4. The second-order valence-electron chi connectivity index (χ2n) is 11.8. The van der Waals surface area contributed by atoms with Crippen LogP contribution in [-0.2, 0) is 33.9 Å². The van der Waals surface area contributed by atoms with E-state index in [0.717, 1.165) is 6.42 Å². The Balaban J connectivity index is 1.52. The molecule has 4 fully saturated rings. The Morgan fingerprint density at radius 1 is 1.05 bits per heavy atom. The van der Waals surface area contributed by atoms with E-state index in [1.165, 1.54) is 4.90 Å². The van der Waals surface area contributed by atoms with E-state index < -0.39 is 62.3 Å². The maximum absolute atomic E-state index is 13.5. The molecule has 4 aliphatic rings. The lowest BCUT2D eigenvalue weighted by Crippen LogP contribution is -2.58. The Kier molecular flexibility index (Phi) is 8.27. The highest BCUT2D eigenvalue weighted by atomic mass is 32.2. The molecule has 4 amide bonds. The van der Waals surface area contributed by atoms with Crippen molar-refractivity contribution in [2.45, 2.75) is 107 Å². The molecule has 4 rings (SSSR count). The van der Waals surface area contributed by atoms with Crippen LogP contribution in [0.4, 0.5) is 4.79 Å². The molecule has 4 atom stereocenters. The predicted molar refractivity (Wildman–Crippen MR) is 136 cm³/mol. The van der Waals surface area contributed by atoms with E-state index >= 15 is 0 Å². The van der Waals surface area contributed by atoms with Gasteiger partial charge in [-0.05, 0) is 71.6 Å². The van der Waals surface area contributed by atoms with Crippen molar-refractivity contribution < 1.29 is 37.1 Å². The highest BCUT2D eigenvalue weighted by Gasteiger charge is 2.62. The van der Waals surface area contributed by atoms with Crippen LogP contribution in [0, 0.1) is 5.92 Å². The van der Waals surface area contributed by atoms with Gasteiger partial charge in [0.1, 0.15) is 23.2 Å². The van der Waals surface area contributed by atoms with Gasteiger partial charge in [-0.3, -0.25) is 19.1 Å². The number of ether oxygens (including phenoxy) is 2. The predicted octanol–water partition coefficient (Wildman–Crippen LogP) is 0.945. The van der Waals surface area contributed by atoms with Crippen LogP contribution >= 0.6 is 0 Å². The molecule has 0 aromatic rings. The molecular formula is C25H40N4O8S. The van der Waals surface area contributed by atoms with Crippen LogP contribution in [0.2, 0.25) is 0 Å². The highest BCUT2D eigenvalue weighted by Crippen LogP contribution is 2.48. The first-order valence-corrected chi connectivity index (χ1v) is 15.1. The maximum Gasteiger partial charge on any atom is 0.408 e. The number of hydrogen-bond acceptors (Lipinski definition) is 8. The van der Waals surface area contributed by atoms with Crippen molar-refractivity contribution in [2.75, 3.05) is 19.8 Å². The summed E-state index contributed by atoms with van der Waals surface area (Å²) in [7, 11) is -3.78. The number of alkyl carbamates (subject to hydrolysis) is 1. The number of nitrogens with zero attached hydrogens (tertiary/aromatic N) is 1. The number of fused-ring (bicyclic) bond motifs is 2. The molecule has 0 radical (unpaired) electrons. The van der Waals surface area contributed by atoms with Crippen molar-refractivity contribution in [3.8, 4) is 0 Å². The fourth-order valence-corrected chi connectivity index (χ4v) is 6.62. The molecule has 0 spiro atoms. The number of carbonyl (C=O) groups excluding carboxylic acids is 4. The van der Waals surface area contributed by atoms with E-state index in [0.29, 0.717) is 58.1 Å². The van der Waals surface area contributed by atoms with E-state index in [1.54, 1.807) is 20.8 Å². The Bertz CT molecular complexity index is 1050. The van der Waals surface area contributed by atoms with Crippen LogP contribution in [0.15, 0.2) is 0 Å². The molecule has 2 aliphatic heterocycles. The lowest BCUT2D eigenvalue weighted by molar-refractivity contribution is -0.141. The Hall–Kier alpha value is -2.41. The van der Waals surface area contributed by atoms with Crippen LogP contribution in [-0.4, -0.2) is 85.4 Å². The molecule has 0 aromatic carbocycles. The first-order chi connectivity index (χ1) is 17.8. The zero-order chi connectivity index (χ0) is 27.7. The summed E-state index contributed by atoms with van der Waals surface area (Å²) in [5.74, 6) is -1.81. The van der Waals surface area contributed by atoms with Gasteiger partial charge in [0.05, 0.1) is 5.25 Å². The summed E-state index contributed by atoms with van der Waals surface area (Å²) in [5, 5.41) is 4.92. The quantitative estimate of drug-likeness (QED) is 0.461. The first-order valence-electron chi connectivity index (χ1n) is 13.6. The van der Waals surface area contributed by atoms with Gasteiger partial charge in [-0.25, -0.2) is 13.2 Å². The second kappa shape index (κ2) is 11.0. The summed E-state index contributed by atoms with van der Waals surface area (Å²) < 4.78 is 38.2. The molecule has 0 bridgehead atoms. The second-order valence-corrected chi connectivity index (χ2v) is 13.8. The van der Waals surface area contributed by atoms with Crippen molar-refractivity contribution in [3.63, 3.8) is 0 Å². The number of amides is 4. The van der Waals surface area contributed by atoms with E-state index in [4.69, 9.17) is 9.47 Å². The fourth-order valence-electron chi connectivity index (χ4n) is 5.26. The topological polar surface area (TPSA) is 160 Å². The number of sulfonamides is 1. The summed E-state index contributed by atoms with van der Waals surface area (Å²) in [6.45, 7) is 6.17. The normalized spacial score (nSPS) is 31.1. The summed E-state index contributed by atoms with van der Waals surface area (Å²) in [6.07, 6.45) is 3.92. The van der Waals surface area contributed by atoms with Gasteiger partial charge >= 0.3 is 6.09 Å². The Morgan fingerprint density at radius 3 is 2.47 bits per heavy atom. The first kappa shape index (κ1) is 28.6. The van der Waals surface area contributed by atoms with Gasteiger partial charge < -0.3 is 25.0 Å². The maximum atomic E-state index is 13.5. The number of rotatable bonds is 4. The average molecular weight is 557 g/mol. The van der Waals surface area contributed by atoms with Gasteiger partial charge in [0.2, 0.25) is 21.8 Å². The fraction of sp³-hybridized carbons (Fsp3) is 0.840. The van der Waals surface area contributed by atoms with E-state index in [1.807, 2.05) is 0 Å². The van der Waals surface area contributed by atoms with Crippen molar-refractivity contribution in [2.24, 2.45) is 5.92 Å². The SMILES string of the molecule is CC(C)(C)OC(=O)NC1CCOCCCCC2CC2(C(=O)NS(=O)(=O)C2CC2)NC(=O)C2CCCN2C1=O. The average Bonchev–Trinajstić information content (AvgIpc) is 3.72. The van der Waals surface area contributed by atoms with Gasteiger partial charge in [-0.1, -0.05) is 6.42 Å². The Labute approximate surface area is 224 Å². The largest absolute Gasteiger partial charge is 0.444 e. The summed E-state index contributed by atoms with van der Waals surface area (Å²) >= 11 is 0. The van der Waals surface area contributed by atoms with Crippen LogP contribution in [0.3, 0.4) is 0 Å². The number of carbonyl (C=O) groups is 4. The van der Waals surface area contributed by atoms with E-state index in [9.17, 15) is 27.6 Å². The summed E-state index contributed by atoms with van der Waals surface area (Å²) in [5.41, 5.74) is -2.06. The van der Waals surface area contributed by atoms with Crippen LogP contribution in [0.5, 0.6) is 0 Å². The van der Waals surface area contributed by atoms with Crippen molar-refractivity contribution in [1.82, 2.24) is 20.3 Å². The van der Waals surface area contributed by atoms with Gasteiger partial charge in [0.25, 0.3) is 5.91 Å². The van der Waals surface area contributed by atoms with Gasteiger partial charge in [-0.2, -0.15) is 0 Å². The van der Waals surface area contributed by atoms with Crippen LogP contribution in [0.25, 0.3) is 0 Å². The lowest BCUT2D eigenvalue weighted by atomic mass is 10.1. The van der Waals surface area contributed by atoms with Gasteiger partial charge in [-0.15, -0.1) is 0 Å². The third-order valence-corrected chi connectivity index (χ3v) is 9.34. The molecule has 12 nitrogen and oxygen atoms in total. The van der Waals surface area contributed by atoms with Crippen molar-refractivity contribution in [1.29, 1.82) is 0 Å². The standard InChI is InChI=1S/C25H40N4O8S/c1-24(2,3)37-23(33)26-18-11-14-36-13-5-4-7-16-15-25(16,22(32)28-38(34,35)17-9-10-17)27-20(30)19-8-6-12-29(19)21(18)31/h16-19H,4-15H2,1-3H3,(H,26,33)(H,27,30)(H,28,32). The lowest BCUT2D eigenvalue weighted by Gasteiger charge is -2.30. The van der Waals surface area contributed by atoms with Crippen molar-refractivity contribution in [3.05, 3.63) is 0 Å². The molecule has 2 aliphatic carbocycles. The molecule has 214 valence electrons. The Morgan fingerprint density at radius 2 is 1.79 bits per heavy atom.